The van der Waals surface area contributed by atoms with Crippen molar-refractivity contribution >= 4 is 17.7 Å². The molecule has 2 aliphatic rings. The van der Waals surface area contributed by atoms with Gasteiger partial charge in [-0.2, -0.15) is 11.8 Å². The number of nitrogens with two attached hydrogens (primary N) is 1. The molecule has 0 radical (unpaired) electrons. The van der Waals surface area contributed by atoms with Crippen LogP contribution in [-0.4, -0.2) is 65.9 Å². The maximum absolute atomic E-state index is 10.1. The molecule has 1 atom stereocenters. The van der Waals surface area contributed by atoms with Crippen LogP contribution in [0.1, 0.15) is 6.42 Å². The lowest BCUT2D eigenvalue weighted by atomic mass is 10.1. The van der Waals surface area contributed by atoms with Gasteiger partial charge >= 0.3 is 0 Å². The molecule has 0 aliphatic carbocycles. The molecular formula is C10H19N3O2S. The zero-order valence-corrected chi connectivity index (χ0v) is 10.2. The van der Waals surface area contributed by atoms with Gasteiger partial charge in [-0.05, 0) is 12.2 Å². The Morgan fingerprint density at radius 1 is 1.50 bits per heavy atom. The Kier molecular flexibility index (Phi) is 3.94. The van der Waals surface area contributed by atoms with Crippen LogP contribution >= 0.6 is 11.8 Å². The summed E-state index contributed by atoms with van der Waals surface area (Å²) in [6, 6.07) is 0. The highest BCUT2D eigenvalue weighted by molar-refractivity contribution is 7.99. The van der Waals surface area contributed by atoms with Crippen LogP contribution in [-0.2, 0) is 4.74 Å². The van der Waals surface area contributed by atoms with Gasteiger partial charge in [0, 0.05) is 18.8 Å². The third kappa shape index (κ3) is 3.02. The first-order chi connectivity index (χ1) is 7.70. The normalized spacial score (nSPS) is 32.1. The molecule has 0 spiro atoms. The molecule has 3 N–H and O–H groups in total. The van der Waals surface area contributed by atoms with Crippen molar-refractivity contribution in [2.45, 2.75) is 12.0 Å². The summed E-state index contributed by atoms with van der Waals surface area (Å²) in [5.41, 5.74) is 5.25. The number of guanidine groups is 1. The Hall–Kier alpha value is -0.460. The quantitative estimate of drug-likeness (QED) is 0.507. The van der Waals surface area contributed by atoms with Crippen molar-refractivity contribution in [3.05, 3.63) is 0 Å². The van der Waals surface area contributed by atoms with Gasteiger partial charge in [0.25, 0.3) is 0 Å². The minimum Gasteiger partial charge on any atom is -0.387 e. The van der Waals surface area contributed by atoms with Crippen LogP contribution in [0.2, 0.25) is 0 Å². The van der Waals surface area contributed by atoms with Gasteiger partial charge in [-0.15, -0.1) is 0 Å². The van der Waals surface area contributed by atoms with Gasteiger partial charge in [0.05, 0.1) is 25.4 Å². The largest absolute Gasteiger partial charge is 0.387 e. The van der Waals surface area contributed by atoms with E-state index in [1.807, 2.05) is 4.90 Å². The molecule has 2 heterocycles. The lowest BCUT2D eigenvalue weighted by molar-refractivity contribution is 0.0651. The van der Waals surface area contributed by atoms with Crippen LogP contribution in [0.15, 0.2) is 4.99 Å². The van der Waals surface area contributed by atoms with Crippen molar-refractivity contribution in [2.75, 3.05) is 44.4 Å². The number of aliphatic hydroxyl groups is 1. The molecule has 6 heteroatoms. The number of nitrogens with zero attached hydrogens (tertiary/aromatic N) is 2. The second-order valence-corrected chi connectivity index (χ2v) is 5.41. The van der Waals surface area contributed by atoms with E-state index >= 15 is 0 Å². The Labute approximate surface area is 100 Å². The molecule has 1 unspecified atom stereocenters. The first kappa shape index (κ1) is 12.0. The molecule has 0 saturated carbocycles. The van der Waals surface area contributed by atoms with Crippen LogP contribution in [0.25, 0.3) is 0 Å². The third-order valence-electron chi connectivity index (χ3n) is 2.95. The van der Waals surface area contributed by atoms with Gasteiger partial charge in [0.2, 0.25) is 0 Å². The van der Waals surface area contributed by atoms with E-state index < -0.39 is 5.60 Å². The SMILES string of the molecule is NC(=NCC1(O)CCSC1)N1CCOCC1. The Bertz CT molecular complexity index is 261. The molecule has 0 aromatic carbocycles. The number of thioether (sulfide) groups is 1. The van der Waals surface area contributed by atoms with E-state index in [0.29, 0.717) is 25.7 Å². The first-order valence-electron chi connectivity index (χ1n) is 5.62. The van der Waals surface area contributed by atoms with Gasteiger partial charge < -0.3 is 20.5 Å². The van der Waals surface area contributed by atoms with E-state index in [9.17, 15) is 5.11 Å². The summed E-state index contributed by atoms with van der Waals surface area (Å²) in [5.74, 6) is 2.32. The summed E-state index contributed by atoms with van der Waals surface area (Å²) < 4.78 is 5.24. The number of hydrogen-bond donors (Lipinski definition) is 2. The van der Waals surface area contributed by atoms with Crippen LogP contribution < -0.4 is 5.73 Å². The molecule has 16 heavy (non-hydrogen) atoms. The molecule has 0 amide bonds. The van der Waals surface area contributed by atoms with Crippen molar-refractivity contribution in [1.29, 1.82) is 0 Å². The molecule has 0 aromatic rings. The fraction of sp³-hybridized carbons (Fsp3) is 0.900. The monoisotopic (exact) mass is 245 g/mol. The second kappa shape index (κ2) is 5.25. The highest BCUT2D eigenvalue weighted by Crippen LogP contribution is 2.27. The summed E-state index contributed by atoms with van der Waals surface area (Å²) in [5, 5.41) is 10.1. The smallest absolute Gasteiger partial charge is 0.191 e. The van der Waals surface area contributed by atoms with Gasteiger partial charge in [-0.3, -0.25) is 4.99 Å². The lowest BCUT2D eigenvalue weighted by Gasteiger charge is -2.28. The lowest BCUT2D eigenvalue weighted by Crippen LogP contribution is -2.45. The second-order valence-electron chi connectivity index (χ2n) is 4.30. The van der Waals surface area contributed by atoms with E-state index in [4.69, 9.17) is 10.5 Å². The standard InChI is InChI=1S/C10H19N3O2S/c11-9(13-2-4-15-5-3-13)12-7-10(14)1-6-16-8-10/h14H,1-8H2,(H2,11,12). The molecular weight excluding hydrogens is 226 g/mol. The summed E-state index contributed by atoms with van der Waals surface area (Å²) in [6.45, 7) is 3.42. The van der Waals surface area contributed by atoms with Gasteiger partial charge in [-0.25, -0.2) is 0 Å². The molecule has 0 aromatic heterocycles. The molecule has 5 nitrogen and oxygen atoms in total. The van der Waals surface area contributed by atoms with Crippen LogP contribution in [0, 0.1) is 0 Å². The number of rotatable bonds is 2. The van der Waals surface area contributed by atoms with Gasteiger partial charge in [-0.1, -0.05) is 0 Å². The summed E-state index contributed by atoms with van der Waals surface area (Å²) in [7, 11) is 0. The van der Waals surface area contributed by atoms with Crippen molar-refractivity contribution in [1.82, 2.24) is 4.90 Å². The molecule has 2 fully saturated rings. The zero-order chi connectivity index (χ0) is 11.4. The van der Waals surface area contributed by atoms with Crippen molar-refractivity contribution in [3.8, 4) is 0 Å². The predicted molar refractivity (Wildman–Crippen MR) is 65.8 cm³/mol. The molecule has 0 bridgehead atoms. The van der Waals surface area contributed by atoms with Crippen LogP contribution in [0.3, 0.4) is 0 Å². The van der Waals surface area contributed by atoms with Crippen molar-refractivity contribution < 1.29 is 9.84 Å². The van der Waals surface area contributed by atoms with Crippen molar-refractivity contribution in [3.63, 3.8) is 0 Å². The summed E-state index contributed by atoms with van der Waals surface area (Å²) in [6.07, 6.45) is 0.817. The minimum atomic E-state index is -0.637. The van der Waals surface area contributed by atoms with Gasteiger partial charge in [0.1, 0.15) is 0 Å². The fourth-order valence-electron chi connectivity index (χ4n) is 1.84. The number of ether oxygens (including phenoxy) is 1. The maximum Gasteiger partial charge on any atom is 0.191 e. The molecule has 2 aliphatic heterocycles. The van der Waals surface area contributed by atoms with E-state index in [1.165, 1.54) is 0 Å². The highest BCUT2D eigenvalue weighted by atomic mass is 32.2. The van der Waals surface area contributed by atoms with Crippen molar-refractivity contribution in [2.24, 2.45) is 10.7 Å². The van der Waals surface area contributed by atoms with Gasteiger partial charge in [0.15, 0.2) is 5.96 Å². The summed E-state index contributed by atoms with van der Waals surface area (Å²) >= 11 is 1.77. The third-order valence-corrected chi connectivity index (χ3v) is 4.19. The fourth-order valence-corrected chi connectivity index (χ4v) is 3.13. The topological polar surface area (TPSA) is 71.1 Å². The van der Waals surface area contributed by atoms with E-state index in [2.05, 4.69) is 4.99 Å². The molecule has 2 saturated heterocycles. The van der Waals surface area contributed by atoms with E-state index in [-0.39, 0.29) is 0 Å². The zero-order valence-electron chi connectivity index (χ0n) is 9.39. The number of hydrogen-bond acceptors (Lipinski definition) is 4. The summed E-state index contributed by atoms with van der Waals surface area (Å²) in [4.78, 5) is 6.31. The number of morpholine rings is 1. The number of aliphatic imine (C=N–C) groups is 1. The Morgan fingerprint density at radius 3 is 2.88 bits per heavy atom. The van der Waals surface area contributed by atoms with Crippen LogP contribution in [0.5, 0.6) is 0 Å². The average Bonchev–Trinajstić information content (AvgIpc) is 2.75. The van der Waals surface area contributed by atoms with E-state index in [1.54, 1.807) is 11.8 Å². The average molecular weight is 245 g/mol. The Balaban J connectivity index is 1.85. The highest BCUT2D eigenvalue weighted by Gasteiger charge is 2.31. The minimum absolute atomic E-state index is 0.420. The first-order valence-corrected chi connectivity index (χ1v) is 6.78. The molecule has 92 valence electrons. The predicted octanol–water partition coefficient (Wildman–Crippen LogP) is -0.499. The van der Waals surface area contributed by atoms with Crippen LogP contribution in [0.4, 0.5) is 0 Å². The maximum atomic E-state index is 10.1. The van der Waals surface area contributed by atoms with E-state index in [0.717, 1.165) is 31.0 Å². The molecule has 2 rings (SSSR count). The Morgan fingerprint density at radius 2 is 2.25 bits per heavy atom.